The summed E-state index contributed by atoms with van der Waals surface area (Å²) in [7, 11) is 0. The number of aromatic nitrogens is 1. The molecule has 1 atom stereocenters. The molecule has 1 heterocycles. The van der Waals surface area contributed by atoms with Crippen LogP contribution in [0.1, 0.15) is 46.0 Å². The summed E-state index contributed by atoms with van der Waals surface area (Å²) in [6.07, 6.45) is 0.817. The summed E-state index contributed by atoms with van der Waals surface area (Å²) in [4.78, 5) is 16.3. The van der Waals surface area contributed by atoms with Gasteiger partial charge in [0.25, 0.3) is 5.91 Å². The highest BCUT2D eigenvalue weighted by molar-refractivity contribution is 7.09. The molecule has 0 aliphatic rings. The Labute approximate surface area is 123 Å². The molecule has 0 aliphatic carbocycles. The molecule has 4 nitrogen and oxygen atoms in total. The van der Waals surface area contributed by atoms with Crippen molar-refractivity contribution in [1.82, 2.24) is 10.3 Å². The number of hydrogen-bond acceptors (Lipinski definition) is 4. The van der Waals surface area contributed by atoms with E-state index < -0.39 is 0 Å². The van der Waals surface area contributed by atoms with Gasteiger partial charge in [-0.05, 0) is 18.9 Å². The lowest BCUT2D eigenvalue weighted by atomic mass is 10.1. The minimum Gasteiger partial charge on any atom is -0.347 e. The van der Waals surface area contributed by atoms with Crippen molar-refractivity contribution in [3.8, 4) is 0 Å². The molecule has 1 unspecified atom stereocenters. The highest BCUT2D eigenvalue weighted by Gasteiger charge is 2.13. The summed E-state index contributed by atoms with van der Waals surface area (Å²) >= 11 is 1.44. The zero-order valence-corrected chi connectivity index (χ0v) is 12.5. The second-order valence-electron chi connectivity index (χ2n) is 4.76. The maximum absolute atomic E-state index is 12.0. The Balaban J connectivity index is 1.96. The fraction of sp³-hybridized carbons (Fsp3) is 0.333. The van der Waals surface area contributed by atoms with Crippen molar-refractivity contribution in [3.63, 3.8) is 0 Å². The number of hydrogen-bond donors (Lipinski definition) is 2. The summed E-state index contributed by atoms with van der Waals surface area (Å²) in [5, 5.41) is 5.45. The van der Waals surface area contributed by atoms with Gasteiger partial charge in [0.15, 0.2) is 0 Å². The van der Waals surface area contributed by atoms with Crippen LogP contribution in [0.3, 0.4) is 0 Å². The van der Waals surface area contributed by atoms with E-state index >= 15 is 0 Å². The van der Waals surface area contributed by atoms with Crippen LogP contribution in [0.5, 0.6) is 0 Å². The van der Waals surface area contributed by atoms with E-state index in [1.807, 2.05) is 32.0 Å². The molecule has 5 heteroatoms. The molecular weight excluding hydrogens is 270 g/mol. The molecule has 20 heavy (non-hydrogen) atoms. The van der Waals surface area contributed by atoms with Crippen LogP contribution >= 0.6 is 11.3 Å². The Morgan fingerprint density at radius 2 is 2.30 bits per heavy atom. The first kappa shape index (κ1) is 14.7. The van der Waals surface area contributed by atoms with E-state index in [0.29, 0.717) is 12.2 Å². The number of aryl methyl sites for hydroxylation is 1. The van der Waals surface area contributed by atoms with Crippen LogP contribution in [-0.2, 0) is 6.54 Å². The Morgan fingerprint density at radius 3 is 3.00 bits per heavy atom. The standard InChI is InChI=1S/C15H19N3OS/c1-3-12(16)15-18-13(9-20-15)14(19)17-8-11-6-4-5-10(2)7-11/h4-7,9,12H,3,8,16H2,1-2H3,(H,17,19). The summed E-state index contributed by atoms with van der Waals surface area (Å²) < 4.78 is 0. The van der Waals surface area contributed by atoms with Crippen LogP contribution in [0.2, 0.25) is 0 Å². The van der Waals surface area contributed by atoms with Crippen molar-refractivity contribution >= 4 is 17.2 Å². The SMILES string of the molecule is CCC(N)c1nc(C(=O)NCc2cccc(C)c2)cs1. The van der Waals surface area contributed by atoms with Gasteiger partial charge < -0.3 is 11.1 Å². The third-order valence-corrected chi connectivity index (χ3v) is 4.02. The van der Waals surface area contributed by atoms with Crippen LogP contribution < -0.4 is 11.1 Å². The largest absolute Gasteiger partial charge is 0.347 e. The summed E-state index contributed by atoms with van der Waals surface area (Å²) in [6, 6.07) is 7.98. The number of carbonyl (C=O) groups is 1. The van der Waals surface area contributed by atoms with Gasteiger partial charge in [-0.2, -0.15) is 0 Å². The van der Waals surface area contributed by atoms with Gasteiger partial charge in [0.05, 0.1) is 6.04 Å². The molecule has 0 bridgehead atoms. The number of amides is 1. The average Bonchev–Trinajstić information content (AvgIpc) is 2.94. The fourth-order valence-corrected chi connectivity index (χ4v) is 2.72. The summed E-state index contributed by atoms with van der Waals surface area (Å²) in [6.45, 7) is 4.54. The first-order valence-electron chi connectivity index (χ1n) is 6.65. The quantitative estimate of drug-likeness (QED) is 0.889. The van der Waals surface area contributed by atoms with Gasteiger partial charge in [-0.25, -0.2) is 4.98 Å². The van der Waals surface area contributed by atoms with Crippen molar-refractivity contribution < 1.29 is 4.79 Å². The fourth-order valence-electron chi connectivity index (χ4n) is 1.83. The molecule has 2 aromatic rings. The second-order valence-corrected chi connectivity index (χ2v) is 5.65. The van der Waals surface area contributed by atoms with Gasteiger partial charge in [0, 0.05) is 11.9 Å². The smallest absolute Gasteiger partial charge is 0.271 e. The van der Waals surface area contributed by atoms with Crippen LogP contribution in [0.4, 0.5) is 0 Å². The maximum Gasteiger partial charge on any atom is 0.271 e. The monoisotopic (exact) mass is 289 g/mol. The van der Waals surface area contributed by atoms with Crippen LogP contribution in [0.15, 0.2) is 29.6 Å². The van der Waals surface area contributed by atoms with Crippen LogP contribution in [0, 0.1) is 6.92 Å². The topological polar surface area (TPSA) is 68.0 Å². The van der Waals surface area contributed by atoms with Crippen molar-refractivity contribution in [2.24, 2.45) is 5.73 Å². The number of nitrogens with two attached hydrogens (primary N) is 1. The van der Waals surface area contributed by atoms with E-state index in [1.54, 1.807) is 5.38 Å². The van der Waals surface area contributed by atoms with Gasteiger partial charge in [0.2, 0.25) is 0 Å². The predicted molar refractivity (Wildman–Crippen MR) is 81.7 cm³/mol. The van der Waals surface area contributed by atoms with Crippen molar-refractivity contribution in [3.05, 3.63) is 51.5 Å². The Kier molecular flexibility index (Phi) is 4.87. The third-order valence-electron chi connectivity index (χ3n) is 3.05. The molecule has 1 aromatic heterocycles. The second kappa shape index (κ2) is 6.63. The van der Waals surface area contributed by atoms with E-state index in [2.05, 4.69) is 16.4 Å². The van der Waals surface area contributed by atoms with Gasteiger partial charge in [-0.1, -0.05) is 36.8 Å². The van der Waals surface area contributed by atoms with Gasteiger partial charge in [-0.15, -0.1) is 11.3 Å². The lowest BCUT2D eigenvalue weighted by molar-refractivity contribution is 0.0946. The number of nitrogens with zero attached hydrogens (tertiary/aromatic N) is 1. The minimum atomic E-state index is -0.155. The zero-order chi connectivity index (χ0) is 14.5. The number of thiazole rings is 1. The molecule has 1 aromatic carbocycles. The van der Waals surface area contributed by atoms with E-state index in [9.17, 15) is 4.79 Å². The Hall–Kier alpha value is -1.72. The van der Waals surface area contributed by atoms with E-state index in [-0.39, 0.29) is 11.9 Å². The molecule has 0 radical (unpaired) electrons. The first-order valence-corrected chi connectivity index (χ1v) is 7.53. The van der Waals surface area contributed by atoms with E-state index in [0.717, 1.165) is 17.0 Å². The number of carbonyl (C=O) groups excluding carboxylic acids is 1. The lowest BCUT2D eigenvalue weighted by Gasteiger charge is -2.05. The van der Waals surface area contributed by atoms with Crippen molar-refractivity contribution in [1.29, 1.82) is 0 Å². The highest BCUT2D eigenvalue weighted by Crippen LogP contribution is 2.18. The van der Waals surface area contributed by atoms with Gasteiger partial charge in [-0.3, -0.25) is 4.79 Å². The molecule has 106 valence electrons. The molecule has 0 saturated carbocycles. The van der Waals surface area contributed by atoms with Crippen LogP contribution in [-0.4, -0.2) is 10.9 Å². The number of nitrogens with one attached hydrogen (secondary N) is 1. The first-order chi connectivity index (χ1) is 9.60. The van der Waals surface area contributed by atoms with Crippen molar-refractivity contribution in [2.75, 3.05) is 0 Å². The predicted octanol–water partition coefficient (Wildman–Crippen LogP) is 2.79. The normalized spacial score (nSPS) is 12.2. The van der Waals surface area contributed by atoms with Gasteiger partial charge in [0.1, 0.15) is 10.7 Å². The van der Waals surface area contributed by atoms with E-state index in [4.69, 9.17) is 5.73 Å². The Bertz CT molecular complexity index is 594. The molecule has 0 aliphatic heterocycles. The Morgan fingerprint density at radius 1 is 1.50 bits per heavy atom. The van der Waals surface area contributed by atoms with E-state index in [1.165, 1.54) is 16.9 Å². The molecule has 3 N–H and O–H groups in total. The maximum atomic E-state index is 12.0. The minimum absolute atomic E-state index is 0.0849. The van der Waals surface area contributed by atoms with Gasteiger partial charge >= 0.3 is 0 Å². The average molecular weight is 289 g/mol. The molecule has 0 spiro atoms. The van der Waals surface area contributed by atoms with Crippen molar-refractivity contribution in [2.45, 2.75) is 32.9 Å². The highest BCUT2D eigenvalue weighted by atomic mass is 32.1. The molecular formula is C15H19N3OS. The summed E-state index contributed by atoms with van der Waals surface area (Å²) in [5.41, 5.74) is 8.62. The molecule has 0 fully saturated rings. The van der Waals surface area contributed by atoms with Crippen LogP contribution in [0.25, 0.3) is 0 Å². The zero-order valence-electron chi connectivity index (χ0n) is 11.7. The number of rotatable bonds is 5. The molecule has 0 saturated heterocycles. The number of benzene rings is 1. The molecule has 1 amide bonds. The summed E-state index contributed by atoms with van der Waals surface area (Å²) in [5.74, 6) is -0.155. The third kappa shape index (κ3) is 3.65. The lowest BCUT2D eigenvalue weighted by Crippen LogP contribution is -2.23. The molecule has 2 rings (SSSR count).